The maximum Gasteiger partial charge on any atom is 0.0847 e. The standard InChI is InChI=1S/C10H16N2OS/c13-7-10-6-9(11-12-10)5-8-1-3-14-4-2-8/h6,8,13H,1-5,7H2,(H,11,12). The van der Waals surface area contributed by atoms with Gasteiger partial charge in [-0.2, -0.15) is 16.9 Å². The second-order valence-electron chi connectivity index (χ2n) is 3.80. The van der Waals surface area contributed by atoms with E-state index in [1.807, 2.05) is 6.07 Å². The largest absolute Gasteiger partial charge is 0.390 e. The van der Waals surface area contributed by atoms with Crippen LogP contribution in [0.4, 0.5) is 0 Å². The predicted octanol–water partition coefficient (Wildman–Crippen LogP) is 1.59. The van der Waals surface area contributed by atoms with Crippen LogP contribution in [-0.4, -0.2) is 26.8 Å². The molecule has 2 N–H and O–H groups in total. The van der Waals surface area contributed by atoms with Crippen LogP contribution in [0.1, 0.15) is 24.2 Å². The monoisotopic (exact) mass is 212 g/mol. The molecule has 3 nitrogen and oxygen atoms in total. The van der Waals surface area contributed by atoms with Gasteiger partial charge in [0.05, 0.1) is 18.0 Å². The number of thioether (sulfide) groups is 1. The molecule has 0 amide bonds. The Kier molecular flexibility index (Phi) is 3.48. The summed E-state index contributed by atoms with van der Waals surface area (Å²) in [5, 5.41) is 15.9. The summed E-state index contributed by atoms with van der Waals surface area (Å²) in [5.74, 6) is 3.38. The number of rotatable bonds is 3. The summed E-state index contributed by atoms with van der Waals surface area (Å²) >= 11 is 2.05. The molecule has 0 saturated carbocycles. The van der Waals surface area contributed by atoms with E-state index in [1.165, 1.54) is 24.3 Å². The van der Waals surface area contributed by atoms with Gasteiger partial charge in [0.15, 0.2) is 0 Å². The van der Waals surface area contributed by atoms with Crippen LogP contribution in [0.15, 0.2) is 6.07 Å². The summed E-state index contributed by atoms with van der Waals surface area (Å²) in [5.41, 5.74) is 1.93. The van der Waals surface area contributed by atoms with Gasteiger partial charge < -0.3 is 5.11 Å². The van der Waals surface area contributed by atoms with Crippen molar-refractivity contribution >= 4 is 11.8 Å². The van der Waals surface area contributed by atoms with E-state index in [-0.39, 0.29) is 6.61 Å². The summed E-state index contributed by atoms with van der Waals surface area (Å²) in [6.45, 7) is 0.0630. The molecule has 1 aliphatic heterocycles. The van der Waals surface area contributed by atoms with Crippen LogP contribution in [0.25, 0.3) is 0 Å². The maximum absolute atomic E-state index is 8.88. The fourth-order valence-electron chi connectivity index (χ4n) is 1.84. The van der Waals surface area contributed by atoms with E-state index in [4.69, 9.17) is 5.11 Å². The van der Waals surface area contributed by atoms with Gasteiger partial charge >= 0.3 is 0 Å². The fourth-order valence-corrected chi connectivity index (χ4v) is 3.05. The van der Waals surface area contributed by atoms with Crippen LogP contribution in [0.2, 0.25) is 0 Å². The van der Waals surface area contributed by atoms with Crippen LogP contribution >= 0.6 is 11.8 Å². The highest BCUT2D eigenvalue weighted by molar-refractivity contribution is 7.99. The molecule has 0 aliphatic carbocycles. The Hall–Kier alpha value is -0.480. The van der Waals surface area contributed by atoms with Crippen molar-refractivity contribution in [3.63, 3.8) is 0 Å². The summed E-state index contributed by atoms with van der Waals surface area (Å²) < 4.78 is 0. The molecule has 0 spiro atoms. The molecule has 1 aromatic heterocycles. The van der Waals surface area contributed by atoms with Crippen LogP contribution in [-0.2, 0) is 13.0 Å². The molecule has 0 radical (unpaired) electrons. The van der Waals surface area contributed by atoms with Crippen LogP contribution in [0.5, 0.6) is 0 Å². The fraction of sp³-hybridized carbons (Fsp3) is 0.700. The molecule has 78 valence electrons. The summed E-state index contributed by atoms with van der Waals surface area (Å²) in [6, 6.07) is 1.97. The molecule has 1 aliphatic rings. The highest BCUT2D eigenvalue weighted by atomic mass is 32.2. The number of aromatic nitrogens is 2. The van der Waals surface area contributed by atoms with Crippen molar-refractivity contribution in [2.45, 2.75) is 25.9 Å². The second kappa shape index (κ2) is 4.84. The third-order valence-corrected chi connectivity index (χ3v) is 3.74. The molecular formula is C10H16N2OS. The quantitative estimate of drug-likeness (QED) is 0.800. The van der Waals surface area contributed by atoms with E-state index in [9.17, 15) is 0 Å². The van der Waals surface area contributed by atoms with Crippen molar-refractivity contribution < 1.29 is 5.11 Å². The average Bonchev–Trinajstić information content (AvgIpc) is 2.67. The first-order valence-corrected chi connectivity index (χ1v) is 6.25. The zero-order valence-electron chi connectivity index (χ0n) is 8.20. The second-order valence-corrected chi connectivity index (χ2v) is 5.03. The van der Waals surface area contributed by atoms with E-state index in [0.29, 0.717) is 0 Å². The topological polar surface area (TPSA) is 48.9 Å². The predicted molar refractivity (Wildman–Crippen MR) is 58.3 cm³/mol. The number of nitrogens with zero attached hydrogens (tertiary/aromatic N) is 1. The number of aromatic amines is 1. The van der Waals surface area contributed by atoms with Gasteiger partial charge in [-0.15, -0.1) is 0 Å². The first-order valence-electron chi connectivity index (χ1n) is 5.10. The molecule has 1 fully saturated rings. The number of aliphatic hydroxyl groups is 1. The number of hydrogen-bond donors (Lipinski definition) is 2. The Balaban J connectivity index is 1.89. The minimum atomic E-state index is 0.0630. The number of aliphatic hydroxyl groups excluding tert-OH is 1. The summed E-state index contributed by atoms with van der Waals surface area (Å²) in [7, 11) is 0. The zero-order chi connectivity index (χ0) is 9.80. The Morgan fingerprint density at radius 1 is 1.50 bits per heavy atom. The van der Waals surface area contributed by atoms with E-state index < -0.39 is 0 Å². The smallest absolute Gasteiger partial charge is 0.0847 e. The lowest BCUT2D eigenvalue weighted by molar-refractivity contribution is 0.276. The molecule has 2 rings (SSSR count). The van der Waals surface area contributed by atoms with Crippen molar-refractivity contribution in [2.75, 3.05) is 11.5 Å². The van der Waals surface area contributed by atoms with Gasteiger partial charge in [0, 0.05) is 0 Å². The zero-order valence-corrected chi connectivity index (χ0v) is 9.02. The first kappa shape index (κ1) is 10.1. The molecule has 1 aromatic rings. The maximum atomic E-state index is 8.88. The van der Waals surface area contributed by atoms with Crippen molar-refractivity contribution in [3.05, 3.63) is 17.5 Å². The van der Waals surface area contributed by atoms with E-state index in [2.05, 4.69) is 22.0 Å². The molecule has 0 atom stereocenters. The molecule has 1 saturated heterocycles. The third kappa shape index (κ3) is 2.51. The van der Waals surface area contributed by atoms with Crippen molar-refractivity contribution in [3.8, 4) is 0 Å². The normalized spacial score (nSPS) is 18.6. The number of H-pyrrole nitrogens is 1. The SMILES string of the molecule is OCc1cc(CC2CCSCC2)n[nH]1. The molecule has 4 heteroatoms. The minimum absolute atomic E-state index is 0.0630. The van der Waals surface area contributed by atoms with Gasteiger partial charge in [-0.1, -0.05) is 0 Å². The van der Waals surface area contributed by atoms with Crippen molar-refractivity contribution in [1.82, 2.24) is 10.2 Å². The van der Waals surface area contributed by atoms with E-state index in [0.717, 1.165) is 23.7 Å². The van der Waals surface area contributed by atoms with Crippen molar-refractivity contribution in [1.29, 1.82) is 0 Å². The highest BCUT2D eigenvalue weighted by Crippen LogP contribution is 2.25. The lowest BCUT2D eigenvalue weighted by Crippen LogP contribution is -2.12. The van der Waals surface area contributed by atoms with Gasteiger partial charge in [0.2, 0.25) is 0 Å². The highest BCUT2D eigenvalue weighted by Gasteiger charge is 2.15. The lowest BCUT2D eigenvalue weighted by atomic mass is 9.97. The Morgan fingerprint density at radius 2 is 2.29 bits per heavy atom. The van der Waals surface area contributed by atoms with Crippen molar-refractivity contribution in [2.24, 2.45) is 5.92 Å². The molecule has 0 bridgehead atoms. The van der Waals surface area contributed by atoms with Gasteiger partial charge in [0.25, 0.3) is 0 Å². The number of nitrogens with one attached hydrogen (secondary N) is 1. The van der Waals surface area contributed by atoms with Crippen LogP contribution in [0.3, 0.4) is 0 Å². The molecular weight excluding hydrogens is 196 g/mol. The van der Waals surface area contributed by atoms with Crippen LogP contribution < -0.4 is 0 Å². The first-order chi connectivity index (χ1) is 6.88. The molecule has 0 aromatic carbocycles. The molecule has 0 unspecified atom stereocenters. The average molecular weight is 212 g/mol. The Labute approximate surface area is 88.3 Å². The van der Waals surface area contributed by atoms with Gasteiger partial charge in [0.1, 0.15) is 0 Å². The van der Waals surface area contributed by atoms with E-state index >= 15 is 0 Å². The Morgan fingerprint density at radius 3 is 2.93 bits per heavy atom. The van der Waals surface area contributed by atoms with E-state index in [1.54, 1.807) is 0 Å². The number of hydrogen-bond acceptors (Lipinski definition) is 3. The van der Waals surface area contributed by atoms with Gasteiger partial charge in [-0.05, 0) is 42.8 Å². The minimum Gasteiger partial charge on any atom is -0.390 e. The van der Waals surface area contributed by atoms with Gasteiger partial charge in [-0.3, -0.25) is 5.10 Å². The summed E-state index contributed by atoms with van der Waals surface area (Å²) in [6.07, 6.45) is 3.69. The molecule has 14 heavy (non-hydrogen) atoms. The summed E-state index contributed by atoms with van der Waals surface area (Å²) in [4.78, 5) is 0. The Bertz CT molecular complexity index is 281. The third-order valence-electron chi connectivity index (χ3n) is 2.69. The lowest BCUT2D eigenvalue weighted by Gasteiger charge is -2.19. The van der Waals surface area contributed by atoms with Crippen LogP contribution in [0, 0.1) is 5.92 Å². The molecule has 2 heterocycles. The van der Waals surface area contributed by atoms with Gasteiger partial charge in [-0.25, -0.2) is 0 Å².